The van der Waals surface area contributed by atoms with Crippen LogP contribution in [0.5, 0.6) is 0 Å². The third-order valence-corrected chi connectivity index (χ3v) is 5.95. The molecule has 8 heteroatoms. The zero-order valence-electron chi connectivity index (χ0n) is 13.0. The van der Waals surface area contributed by atoms with Gasteiger partial charge in [-0.25, -0.2) is 8.42 Å². The van der Waals surface area contributed by atoms with Crippen molar-refractivity contribution in [3.8, 4) is 0 Å². The Morgan fingerprint density at radius 2 is 1.67 bits per heavy atom. The minimum Gasteiger partial charge on any atom is -0.481 e. The second-order valence-electron chi connectivity index (χ2n) is 6.25. The van der Waals surface area contributed by atoms with Crippen molar-refractivity contribution in [3.05, 3.63) is 42.0 Å². The molecular formula is C16H18N2O5S. The molecule has 0 saturated heterocycles. The maximum absolute atomic E-state index is 12.3. The van der Waals surface area contributed by atoms with E-state index in [9.17, 15) is 23.1 Å². The number of hydrazine groups is 1. The lowest BCUT2D eigenvalue weighted by Crippen LogP contribution is -2.48. The van der Waals surface area contributed by atoms with Gasteiger partial charge in [0.05, 0.1) is 16.7 Å². The van der Waals surface area contributed by atoms with Gasteiger partial charge in [0.25, 0.3) is 10.0 Å². The number of sulfonamides is 1. The molecule has 1 aromatic rings. The Labute approximate surface area is 139 Å². The Kier molecular flexibility index (Phi) is 4.18. The third-order valence-electron chi connectivity index (χ3n) is 4.69. The SMILES string of the molecule is Cc1ccc(S(=O)(=O)NNC(=O)[C@H]2[C@@H](C(=O)O)[C@H]3C=C[C@H]2C3)cc1. The van der Waals surface area contributed by atoms with Gasteiger partial charge in [0, 0.05) is 0 Å². The topological polar surface area (TPSA) is 113 Å². The fourth-order valence-electron chi connectivity index (χ4n) is 3.49. The van der Waals surface area contributed by atoms with Gasteiger partial charge >= 0.3 is 5.97 Å². The van der Waals surface area contributed by atoms with Crippen LogP contribution in [0.25, 0.3) is 0 Å². The first kappa shape index (κ1) is 16.7. The molecule has 0 unspecified atom stereocenters. The van der Waals surface area contributed by atoms with Crippen LogP contribution in [-0.4, -0.2) is 25.4 Å². The van der Waals surface area contributed by atoms with E-state index < -0.39 is 33.7 Å². The van der Waals surface area contributed by atoms with Crippen LogP contribution in [0.2, 0.25) is 0 Å². The van der Waals surface area contributed by atoms with Gasteiger partial charge in [0.15, 0.2) is 0 Å². The monoisotopic (exact) mass is 350 g/mol. The molecule has 2 bridgehead atoms. The lowest BCUT2D eigenvalue weighted by atomic mass is 9.82. The average Bonchev–Trinajstić information content (AvgIpc) is 3.14. The molecular weight excluding hydrogens is 332 g/mol. The number of allylic oxidation sites excluding steroid dienone is 2. The highest BCUT2D eigenvalue weighted by Crippen LogP contribution is 2.48. The lowest BCUT2D eigenvalue weighted by molar-refractivity contribution is -0.147. The summed E-state index contributed by atoms with van der Waals surface area (Å²) in [4.78, 5) is 25.8. The molecule has 2 aliphatic rings. The molecule has 0 aliphatic heterocycles. The van der Waals surface area contributed by atoms with E-state index in [2.05, 4.69) is 5.43 Å². The first-order chi connectivity index (χ1) is 11.3. The van der Waals surface area contributed by atoms with Crippen molar-refractivity contribution in [1.82, 2.24) is 10.3 Å². The molecule has 0 heterocycles. The van der Waals surface area contributed by atoms with E-state index in [1.165, 1.54) is 12.1 Å². The summed E-state index contributed by atoms with van der Waals surface area (Å²) < 4.78 is 24.4. The van der Waals surface area contributed by atoms with Gasteiger partial charge in [-0.2, -0.15) is 0 Å². The van der Waals surface area contributed by atoms with Gasteiger partial charge in [-0.15, -0.1) is 4.83 Å². The second-order valence-corrected chi connectivity index (χ2v) is 7.93. The van der Waals surface area contributed by atoms with Crippen molar-refractivity contribution in [2.75, 3.05) is 0 Å². The van der Waals surface area contributed by atoms with Crippen molar-refractivity contribution < 1.29 is 23.1 Å². The van der Waals surface area contributed by atoms with Crippen LogP contribution in [0.3, 0.4) is 0 Å². The van der Waals surface area contributed by atoms with Crippen LogP contribution in [0, 0.1) is 30.6 Å². The number of carbonyl (C=O) groups is 2. The number of aliphatic carboxylic acids is 1. The van der Waals surface area contributed by atoms with Crippen molar-refractivity contribution in [2.24, 2.45) is 23.7 Å². The van der Waals surface area contributed by atoms with Crippen LogP contribution in [0.15, 0.2) is 41.3 Å². The highest BCUT2D eigenvalue weighted by atomic mass is 32.2. The lowest BCUT2D eigenvalue weighted by Gasteiger charge is -2.23. The van der Waals surface area contributed by atoms with Crippen molar-refractivity contribution in [1.29, 1.82) is 0 Å². The summed E-state index contributed by atoms with van der Waals surface area (Å²) in [6, 6.07) is 6.17. The zero-order chi connectivity index (χ0) is 17.5. The molecule has 1 fully saturated rings. The summed E-state index contributed by atoms with van der Waals surface area (Å²) in [5.41, 5.74) is 3.09. The number of benzene rings is 1. The van der Waals surface area contributed by atoms with Gasteiger partial charge in [0.2, 0.25) is 5.91 Å². The molecule has 128 valence electrons. The number of carboxylic acids is 1. The minimum absolute atomic E-state index is 0.0241. The predicted molar refractivity (Wildman–Crippen MR) is 85.0 cm³/mol. The largest absolute Gasteiger partial charge is 0.481 e. The maximum Gasteiger partial charge on any atom is 0.307 e. The third kappa shape index (κ3) is 2.94. The minimum atomic E-state index is -3.90. The van der Waals surface area contributed by atoms with Gasteiger partial charge in [-0.1, -0.05) is 29.8 Å². The molecule has 0 radical (unpaired) electrons. The Morgan fingerprint density at radius 3 is 2.25 bits per heavy atom. The van der Waals surface area contributed by atoms with E-state index in [-0.39, 0.29) is 16.7 Å². The van der Waals surface area contributed by atoms with E-state index in [1.807, 2.05) is 23.9 Å². The smallest absolute Gasteiger partial charge is 0.307 e. The van der Waals surface area contributed by atoms with Crippen LogP contribution in [-0.2, 0) is 19.6 Å². The highest BCUT2D eigenvalue weighted by molar-refractivity contribution is 7.89. The second kappa shape index (κ2) is 6.03. The molecule has 1 saturated carbocycles. The molecule has 3 rings (SSSR count). The number of amides is 1. The number of carbonyl (C=O) groups excluding carboxylic acids is 1. The van der Waals surface area contributed by atoms with Crippen molar-refractivity contribution in [3.63, 3.8) is 0 Å². The summed E-state index contributed by atoms with van der Waals surface area (Å²) in [7, 11) is -3.90. The molecule has 1 amide bonds. The fraction of sp³-hybridized carbons (Fsp3) is 0.375. The van der Waals surface area contributed by atoms with E-state index in [4.69, 9.17) is 0 Å². The first-order valence-electron chi connectivity index (χ1n) is 7.59. The number of nitrogens with one attached hydrogen (secondary N) is 2. The van der Waals surface area contributed by atoms with Crippen LogP contribution < -0.4 is 10.3 Å². The van der Waals surface area contributed by atoms with E-state index in [0.29, 0.717) is 6.42 Å². The maximum atomic E-state index is 12.3. The number of aryl methyl sites for hydroxylation is 1. The number of hydrogen-bond acceptors (Lipinski definition) is 4. The van der Waals surface area contributed by atoms with E-state index in [1.54, 1.807) is 12.1 Å². The Bertz CT molecular complexity index is 800. The molecule has 4 atom stereocenters. The predicted octanol–water partition coefficient (Wildman–Crippen LogP) is 0.827. The van der Waals surface area contributed by atoms with Crippen LogP contribution in [0.1, 0.15) is 12.0 Å². The fourth-order valence-corrected chi connectivity index (χ4v) is 4.34. The highest BCUT2D eigenvalue weighted by Gasteiger charge is 2.51. The number of hydrogen-bond donors (Lipinski definition) is 3. The molecule has 2 aliphatic carbocycles. The van der Waals surface area contributed by atoms with Gasteiger partial charge in [-0.05, 0) is 37.3 Å². The van der Waals surface area contributed by atoms with Crippen LogP contribution in [0.4, 0.5) is 0 Å². The normalized spacial score (nSPS) is 28.0. The van der Waals surface area contributed by atoms with E-state index >= 15 is 0 Å². The number of carboxylic acid groups (broad SMARTS) is 1. The van der Waals surface area contributed by atoms with Crippen LogP contribution >= 0.6 is 0 Å². The summed E-state index contributed by atoms with van der Waals surface area (Å²) in [5.74, 6) is -3.57. The van der Waals surface area contributed by atoms with E-state index in [0.717, 1.165) is 5.56 Å². The van der Waals surface area contributed by atoms with Gasteiger partial charge in [-0.3, -0.25) is 15.0 Å². The molecule has 7 nitrogen and oxygen atoms in total. The van der Waals surface area contributed by atoms with Crippen molar-refractivity contribution >= 4 is 21.9 Å². The summed E-state index contributed by atoms with van der Waals surface area (Å²) in [5, 5.41) is 9.33. The molecule has 0 aromatic heterocycles. The molecule has 3 N–H and O–H groups in total. The summed E-state index contributed by atoms with van der Waals surface area (Å²) in [6.45, 7) is 1.83. The number of fused-ring (bicyclic) bond motifs is 2. The standard InChI is InChI=1S/C16H18N2O5S/c1-9-2-6-12(7-3-9)24(22,23)18-17-15(19)13-10-4-5-11(8-10)14(13)16(20)21/h2-7,10-11,13-14,18H,8H2,1H3,(H,17,19)(H,20,21)/t10-,11-,13+,14-/m0/s1. The Balaban J connectivity index is 1.70. The zero-order valence-corrected chi connectivity index (χ0v) is 13.8. The number of rotatable bonds is 5. The van der Waals surface area contributed by atoms with Crippen molar-refractivity contribution in [2.45, 2.75) is 18.2 Å². The molecule has 1 aromatic carbocycles. The van der Waals surface area contributed by atoms with Gasteiger partial charge in [0.1, 0.15) is 0 Å². The Morgan fingerprint density at radius 1 is 1.08 bits per heavy atom. The summed E-state index contributed by atoms with van der Waals surface area (Å²) >= 11 is 0. The first-order valence-corrected chi connectivity index (χ1v) is 9.07. The average molecular weight is 350 g/mol. The summed E-state index contributed by atoms with van der Waals surface area (Å²) in [6.07, 6.45) is 4.27. The molecule has 24 heavy (non-hydrogen) atoms. The molecule has 0 spiro atoms. The van der Waals surface area contributed by atoms with Gasteiger partial charge < -0.3 is 5.11 Å². The quantitative estimate of drug-likeness (QED) is 0.538. The Hall–Kier alpha value is -2.19.